The number of nitrogens with zero attached hydrogens (tertiary/aromatic N) is 6. The maximum atomic E-state index is 14.1. The van der Waals surface area contributed by atoms with Crippen LogP contribution in [0.2, 0.25) is 0 Å². The average Bonchev–Trinajstić information content (AvgIpc) is 3.41. The molecular formula is C25H31F3N6O. The third kappa shape index (κ3) is 4.53. The second-order valence-electron chi connectivity index (χ2n) is 8.75. The third-order valence-electron chi connectivity index (χ3n) is 6.58. The Hall–Kier alpha value is -3.30. The van der Waals surface area contributed by atoms with Gasteiger partial charge in [-0.25, -0.2) is 0 Å². The molecule has 2 aliphatic heterocycles. The molecule has 10 heteroatoms. The number of anilines is 2. The molecule has 0 radical (unpaired) electrons. The molecule has 0 N–H and O–H groups in total. The van der Waals surface area contributed by atoms with E-state index >= 15 is 0 Å². The normalized spacial score (nSPS) is 15.3. The van der Waals surface area contributed by atoms with Crippen LogP contribution in [0.15, 0.2) is 24.5 Å². The van der Waals surface area contributed by atoms with Crippen molar-refractivity contribution in [2.45, 2.75) is 52.8 Å². The van der Waals surface area contributed by atoms with Gasteiger partial charge in [0.15, 0.2) is 5.82 Å². The Morgan fingerprint density at radius 2 is 1.83 bits per heavy atom. The minimum Gasteiger partial charge on any atom is -0.338 e. The molecular weight excluding hydrogens is 457 g/mol. The van der Waals surface area contributed by atoms with Gasteiger partial charge in [-0.2, -0.15) is 23.4 Å². The summed E-state index contributed by atoms with van der Waals surface area (Å²) >= 11 is 0. The molecule has 2 aliphatic rings. The highest BCUT2D eigenvalue weighted by molar-refractivity contribution is 5.78. The molecule has 0 atom stereocenters. The van der Waals surface area contributed by atoms with E-state index in [0.717, 1.165) is 23.2 Å². The molecule has 188 valence electrons. The number of aryl methyl sites for hydroxylation is 3. The van der Waals surface area contributed by atoms with E-state index in [0.29, 0.717) is 49.5 Å². The number of fused-ring (bicyclic) bond motifs is 2. The monoisotopic (exact) mass is 488 g/mol. The zero-order chi connectivity index (χ0) is 25.5. The van der Waals surface area contributed by atoms with Crippen LogP contribution in [0.4, 0.5) is 24.7 Å². The number of carbonyl (C=O) groups is 1. The quantitative estimate of drug-likeness (QED) is 0.517. The number of hydrogen-bond donors (Lipinski definition) is 0. The van der Waals surface area contributed by atoms with Gasteiger partial charge in [-0.1, -0.05) is 13.8 Å². The highest BCUT2D eigenvalue weighted by Gasteiger charge is 2.37. The van der Waals surface area contributed by atoms with Crippen LogP contribution in [-0.2, 0) is 44.5 Å². The summed E-state index contributed by atoms with van der Waals surface area (Å²) < 4.78 is 45.7. The predicted molar refractivity (Wildman–Crippen MR) is 128 cm³/mol. The molecule has 3 aromatic rings. The lowest BCUT2D eigenvalue weighted by Crippen LogP contribution is -2.35. The van der Waals surface area contributed by atoms with Crippen molar-refractivity contribution in [3.63, 3.8) is 0 Å². The number of carbonyl (C=O) groups excluding carboxylic acids is 1. The van der Waals surface area contributed by atoms with Crippen LogP contribution < -0.4 is 4.90 Å². The van der Waals surface area contributed by atoms with E-state index in [4.69, 9.17) is 5.10 Å². The van der Waals surface area contributed by atoms with E-state index in [9.17, 15) is 18.0 Å². The predicted octanol–water partition coefficient (Wildman–Crippen LogP) is 4.85. The molecule has 1 amide bonds. The molecule has 5 rings (SSSR count). The van der Waals surface area contributed by atoms with Crippen molar-refractivity contribution in [3.05, 3.63) is 46.9 Å². The van der Waals surface area contributed by atoms with E-state index < -0.39 is 11.7 Å². The third-order valence-corrected chi connectivity index (χ3v) is 6.58. The Kier molecular flexibility index (Phi) is 6.66. The summed E-state index contributed by atoms with van der Waals surface area (Å²) in [6.45, 7) is 7.14. The van der Waals surface area contributed by atoms with Crippen LogP contribution in [0, 0.1) is 0 Å². The van der Waals surface area contributed by atoms with Crippen molar-refractivity contribution < 1.29 is 18.0 Å². The largest absolute Gasteiger partial charge is 0.417 e. The fraction of sp³-hybridized carbons (Fsp3) is 0.480. The summed E-state index contributed by atoms with van der Waals surface area (Å²) in [6.07, 6.45) is 0.704. The molecule has 0 aliphatic carbocycles. The molecule has 1 aromatic carbocycles. The van der Waals surface area contributed by atoms with Crippen LogP contribution in [0.25, 0.3) is 11.1 Å². The first-order valence-electron chi connectivity index (χ1n) is 11.9. The van der Waals surface area contributed by atoms with Gasteiger partial charge >= 0.3 is 6.18 Å². The van der Waals surface area contributed by atoms with Gasteiger partial charge in [0.1, 0.15) is 0 Å². The van der Waals surface area contributed by atoms with Gasteiger partial charge < -0.3 is 9.80 Å². The topological polar surface area (TPSA) is 59.2 Å². The molecule has 0 saturated heterocycles. The summed E-state index contributed by atoms with van der Waals surface area (Å²) in [6, 6.07) is 2.90. The SMILES string of the molecule is CC.CC(=O)N1CCc2c(c(N3CCCc4cc(-c5cnn(C)c5)c(C(F)(F)F)cc43)nn2C)C1. The van der Waals surface area contributed by atoms with Gasteiger partial charge in [0.05, 0.1) is 18.3 Å². The summed E-state index contributed by atoms with van der Waals surface area (Å²) in [4.78, 5) is 15.6. The first-order chi connectivity index (χ1) is 16.6. The summed E-state index contributed by atoms with van der Waals surface area (Å²) in [5.41, 5.74) is 3.22. The van der Waals surface area contributed by atoms with Crippen molar-refractivity contribution in [2.75, 3.05) is 18.0 Å². The molecule has 7 nitrogen and oxygen atoms in total. The molecule has 0 unspecified atom stereocenters. The second kappa shape index (κ2) is 9.39. The summed E-state index contributed by atoms with van der Waals surface area (Å²) in [7, 11) is 3.54. The standard InChI is InChI=1S/C23H25F3N6O.C2H6/c1-14(33)31-8-6-20-18(13-31)22(28-30(20)3)32-7-4-5-15-9-17(16-11-27-29(2)12-16)19(10-21(15)32)23(24,25)26;1-2/h9-12H,4-8,13H2,1-3H3;1-2H3. The van der Waals surface area contributed by atoms with Gasteiger partial charge in [0.25, 0.3) is 0 Å². The van der Waals surface area contributed by atoms with Crippen molar-refractivity contribution in [2.24, 2.45) is 14.1 Å². The Morgan fingerprint density at radius 1 is 1.09 bits per heavy atom. The molecule has 0 spiro atoms. The van der Waals surface area contributed by atoms with Crippen molar-refractivity contribution in [1.82, 2.24) is 24.5 Å². The Morgan fingerprint density at radius 3 is 2.46 bits per heavy atom. The van der Waals surface area contributed by atoms with Crippen LogP contribution in [0.1, 0.15) is 49.6 Å². The van der Waals surface area contributed by atoms with Crippen molar-refractivity contribution >= 4 is 17.4 Å². The van der Waals surface area contributed by atoms with Crippen molar-refractivity contribution in [3.8, 4) is 11.1 Å². The number of amides is 1. The number of alkyl halides is 3. The van der Waals surface area contributed by atoms with Gasteiger partial charge in [0, 0.05) is 69.2 Å². The number of benzene rings is 1. The first-order valence-corrected chi connectivity index (χ1v) is 11.9. The molecule has 35 heavy (non-hydrogen) atoms. The zero-order valence-electron chi connectivity index (χ0n) is 20.8. The fourth-order valence-electron chi connectivity index (χ4n) is 4.94. The lowest BCUT2D eigenvalue weighted by Gasteiger charge is -2.33. The fourth-order valence-corrected chi connectivity index (χ4v) is 4.94. The smallest absolute Gasteiger partial charge is 0.338 e. The van der Waals surface area contributed by atoms with E-state index in [1.807, 2.05) is 25.8 Å². The van der Waals surface area contributed by atoms with E-state index in [1.165, 1.54) is 23.9 Å². The second-order valence-corrected chi connectivity index (χ2v) is 8.75. The molecule has 0 bridgehead atoms. The maximum Gasteiger partial charge on any atom is 0.417 e. The Labute approximate surface area is 203 Å². The van der Waals surface area contributed by atoms with Gasteiger partial charge in [0.2, 0.25) is 5.91 Å². The molecule has 0 saturated carbocycles. The summed E-state index contributed by atoms with van der Waals surface area (Å²) in [5.74, 6) is 0.622. The lowest BCUT2D eigenvalue weighted by molar-refractivity contribution is -0.137. The highest BCUT2D eigenvalue weighted by Crippen LogP contribution is 2.44. The Bertz CT molecular complexity index is 1240. The minimum absolute atomic E-state index is 0.0185. The van der Waals surface area contributed by atoms with E-state index in [-0.39, 0.29) is 11.5 Å². The number of hydrogen-bond acceptors (Lipinski definition) is 4. The first kappa shape index (κ1) is 24.8. The minimum atomic E-state index is -4.52. The maximum absolute atomic E-state index is 14.1. The summed E-state index contributed by atoms with van der Waals surface area (Å²) in [5, 5.41) is 8.75. The molecule has 4 heterocycles. The highest BCUT2D eigenvalue weighted by atomic mass is 19.4. The van der Waals surface area contributed by atoms with Gasteiger partial charge in [-0.05, 0) is 36.1 Å². The average molecular weight is 489 g/mol. The van der Waals surface area contributed by atoms with Crippen molar-refractivity contribution in [1.29, 1.82) is 0 Å². The number of aromatic nitrogens is 4. The van der Waals surface area contributed by atoms with Crippen LogP contribution in [0.5, 0.6) is 0 Å². The Balaban J connectivity index is 0.00000141. The lowest BCUT2D eigenvalue weighted by atomic mass is 9.92. The molecule has 2 aromatic heterocycles. The van der Waals surface area contributed by atoms with E-state index in [2.05, 4.69) is 5.10 Å². The van der Waals surface area contributed by atoms with Crippen LogP contribution >= 0.6 is 0 Å². The number of rotatable bonds is 2. The zero-order valence-corrected chi connectivity index (χ0v) is 20.8. The number of halogens is 3. The van der Waals surface area contributed by atoms with Crippen LogP contribution in [0.3, 0.4) is 0 Å². The van der Waals surface area contributed by atoms with Gasteiger partial charge in [-0.15, -0.1) is 0 Å². The molecule has 0 fully saturated rings. The van der Waals surface area contributed by atoms with E-state index in [1.54, 1.807) is 28.9 Å². The van der Waals surface area contributed by atoms with Crippen LogP contribution in [-0.4, -0.2) is 43.5 Å². The van der Waals surface area contributed by atoms with Gasteiger partial charge in [-0.3, -0.25) is 14.2 Å².